The Labute approximate surface area is 194 Å². The van der Waals surface area contributed by atoms with Crippen LogP contribution in [-0.4, -0.2) is 40.6 Å². The highest BCUT2D eigenvalue weighted by Crippen LogP contribution is 2.30. The van der Waals surface area contributed by atoms with Crippen LogP contribution in [-0.2, 0) is 7.05 Å². The van der Waals surface area contributed by atoms with Crippen LogP contribution in [0.15, 0.2) is 73.2 Å². The van der Waals surface area contributed by atoms with E-state index in [1.807, 2.05) is 73.3 Å². The molecule has 164 valence electrons. The Bertz CT molecular complexity index is 1700. The van der Waals surface area contributed by atoms with E-state index >= 15 is 0 Å². The smallest absolute Gasteiger partial charge is 0.160 e. The van der Waals surface area contributed by atoms with Crippen molar-refractivity contribution in [3.05, 3.63) is 84.4 Å². The van der Waals surface area contributed by atoms with E-state index in [1.165, 1.54) is 0 Å². The average molecular weight is 445 g/mol. The summed E-state index contributed by atoms with van der Waals surface area (Å²) < 4.78 is 3.60. The first-order valence-electron chi connectivity index (χ1n) is 10.8. The molecule has 0 radical (unpaired) electrons. The van der Waals surface area contributed by atoms with Crippen molar-refractivity contribution in [1.29, 1.82) is 0 Å². The molecular formula is C26H19N7O. The molecule has 0 spiro atoms. The molecule has 8 nitrogen and oxygen atoms in total. The second kappa shape index (κ2) is 7.70. The third kappa shape index (κ3) is 3.24. The van der Waals surface area contributed by atoms with Crippen LogP contribution in [0, 0.1) is 6.92 Å². The number of rotatable bonds is 4. The van der Waals surface area contributed by atoms with E-state index in [1.54, 1.807) is 23.0 Å². The van der Waals surface area contributed by atoms with E-state index in [4.69, 9.17) is 10.1 Å². The molecule has 5 aromatic heterocycles. The van der Waals surface area contributed by atoms with Gasteiger partial charge in [0, 0.05) is 41.5 Å². The molecule has 0 N–H and O–H groups in total. The number of carbonyl (C=O) groups is 1. The molecule has 0 saturated carbocycles. The topological polar surface area (TPSA) is 90.9 Å². The van der Waals surface area contributed by atoms with Gasteiger partial charge in [0.2, 0.25) is 0 Å². The zero-order chi connectivity index (χ0) is 23.2. The minimum Gasteiger partial charge on any atom is -0.298 e. The summed E-state index contributed by atoms with van der Waals surface area (Å²) in [6.07, 6.45) is 6.30. The van der Waals surface area contributed by atoms with Gasteiger partial charge in [-0.3, -0.25) is 9.48 Å². The fourth-order valence-corrected chi connectivity index (χ4v) is 4.16. The van der Waals surface area contributed by atoms with Crippen LogP contribution in [0.3, 0.4) is 0 Å². The number of aryl methyl sites for hydroxylation is 2. The van der Waals surface area contributed by atoms with Crippen molar-refractivity contribution in [2.45, 2.75) is 6.92 Å². The van der Waals surface area contributed by atoms with Crippen LogP contribution in [0.1, 0.15) is 16.1 Å². The van der Waals surface area contributed by atoms with Crippen molar-refractivity contribution in [2.24, 2.45) is 7.05 Å². The third-order valence-electron chi connectivity index (χ3n) is 5.89. The molecule has 0 fully saturated rings. The predicted molar refractivity (Wildman–Crippen MR) is 129 cm³/mol. The van der Waals surface area contributed by atoms with Gasteiger partial charge < -0.3 is 0 Å². The molecule has 6 rings (SSSR count). The van der Waals surface area contributed by atoms with E-state index in [2.05, 4.69) is 15.1 Å². The molecule has 0 aliphatic heterocycles. The van der Waals surface area contributed by atoms with Crippen molar-refractivity contribution in [3.63, 3.8) is 0 Å². The van der Waals surface area contributed by atoms with Crippen LogP contribution in [0.4, 0.5) is 0 Å². The van der Waals surface area contributed by atoms with Crippen LogP contribution in [0.2, 0.25) is 0 Å². The Morgan fingerprint density at radius 3 is 2.50 bits per heavy atom. The highest BCUT2D eigenvalue weighted by molar-refractivity contribution is 5.93. The predicted octanol–water partition coefficient (Wildman–Crippen LogP) is 4.53. The fourth-order valence-electron chi connectivity index (χ4n) is 4.16. The van der Waals surface area contributed by atoms with Gasteiger partial charge in [-0.15, -0.1) is 0 Å². The fraction of sp³-hybridized carbons (Fsp3) is 0.0769. The first kappa shape index (κ1) is 19.9. The normalized spacial score (nSPS) is 11.4. The van der Waals surface area contributed by atoms with Crippen molar-refractivity contribution in [1.82, 2.24) is 34.3 Å². The minimum atomic E-state index is 0.638. The second-order valence-electron chi connectivity index (χ2n) is 8.10. The molecule has 8 heteroatoms. The number of aromatic nitrogens is 7. The molecule has 1 aromatic carbocycles. The number of fused-ring (bicyclic) bond motifs is 2. The first-order chi connectivity index (χ1) is 16.6. The quantitative estimate of drug-likeness (QED) is 0.370. The maximum atomic E-state index is 11.0. The van der Waals surface area contributed by atoms with Gasteiger partial charge in [-0.05, 0) is 42.8 Å². The zero-order valence-corrected chi connectivity index (χ0v) is 18.5. The summed E-state index contributed by atoms with van der Waals surface area (Å²) >= 11 is 0. The summed E-state index contributed by atoms with van der Waals surface area (Å²) in [5.74, 6) is 0. The Kier molecular flexibility index (Phi) is 4.51. The summed E-state index contributed by atoms with van der Waals surface area (Å²) in [7, 11) is 1.88. The van der Waals surface area contributed by atoms with E-state index in [0.29, 0.717) is 11.2 Å². The number of aldehydes is 1. The Hall–Kier alpha value is -4.72. The van der Waals surface area contributed by atoms with Gasteiger partial charge in [0.15, 0.2) is 11.3 Å². The molecule has 0 aliphatic rings. The molecular weight excluding hydrogens is 426 g/mol. The lowest BCUT2D eigenvalue weighted by Crippen LogP contribution is -2.00. The number of benzene rings is 1. The van der Waals surface area contributed by atoms with E-state index in [9.17, 15) is 4.79 Å². The molecule has 0 saturated heterocycles. The van der Waals surface area contributed by atoms with Gasteiger partial charge >= 0.3 is 0 Å². The summed E-state index contributed by atoms with van der Waals surface area (Å²) in [5, 5.41) is 10.2. The lowest BCUT2D eigenvalue weighted by molar-refractivity contribution is 0.112. The molecule has 0 bridgehead atoms. The van der Waals surface area contributed by atoms with Crippen molar-refractivity contribution in [2.75, 3.05) is 0 Å². The number of nitrogens with zero attached hydrogens (tertiary/aromatic N) is 7. The van der Waals surface area contributed by atoms with Gasteiger partial charge in [0.25, 0.3) is 0 Å². The average Bonchev–Trinajstić information content (AvgIpc) is 3.49. The number of pyridine rings is 2. The monoisotopic (exact) mass is 445 g/mol. The Balaban J connectivity index is 1.46. The Morgan fingerprint density at radius 2 is 1.74 bits per heavy atom. The van der Waals surface area contributed by atoms with Gasteiger partial charge in [0.05, 0.1) is 23.3 Å². The first-order valence-corrected chi connectivity index (χ1v) is 10.8. The molecule has 34 heavy (non-hydrogen) atoms. The number of imidazole rings is 1. The maximum Gasteiger partial charge on any atom is 0.160 e. The minimum absolute atomic E-state index is 0.638. The van der Waals surface area contributed by atoms with Gasteiger partial charge in [-0.1, -0.05) is 24.3 Å². The van der Waals surface area contributed by atoms with Crippen molar-refractivity contribution >= 4 is 23.0 Å². The maximum absolute atomic E-state index is 11.0. The number of carbonyl (C=O) groups excluding carboxylic acids is 1. The standard InChI is InChI=1S/C26H19N7O/c1-16-21(18-5-3-17(15-34)4-6-18)13-25-28-14-24(33(25)30-16)19-9-11-27-26-20(19)7-8-22(29-26)23-10-12-32(2)31-23/h3-15H,1-2H3. The second-order valence-corrected chi connectivity index (χ2v) is 8.10. The number of hydrogen-bond acceptors (Lipinski definition) is 6. The summed E-state index contributed by atoms with van der Waals surface area (Å²) in [5.41, 5.74) is 8.23. The molecule has 0 amide bonds. The molecule has 0 unspecified atom stereocenters. The lowest BCUT2D eigenvalue weighted by Gasteiger charge is -2.09. The summed E-state index contributed by atoms with van der Waals surface area (Å²) in [6, 6.07) is 17.3. The van der Waals surface area contributed by atoms with Crippen LogP contribution in [0.25, 0.3) is 50.5 Å². The van der Waals surface area contributed by atoms with Gasteiger partial charge in [-0.25, -0.2) is 19.5 Å². The number of hydrogen-bond donors (Lipinski definition) is 0. The summed E-state index contributed by atoms with van der Waals surface area (Å²) in [4.78, 5) is 24.8. The van der Waals surface area contributed by atoms with Crippen LogP contribution < -0.4 is 0 Å². The van der Waals surface area contributed by atoms with Crippen LogP contribution in [0.5, 0.6) is 0 Å². The summed E-state index contributed by atoms with van der Waals surface area (Å²) in [6.45, 7) is 1.97. The van der Waals surface area contributed by atoms with Gasteiger partial charge in [0.1, 0.15) is 12.0 Å². The highest BCUT2D eigenvalue weighted by atomic mass is 16.1. The third-order valence-corrected chi connectivity index (χ3v) is 5.89. The van der Waals surface area contributed by atoms with Crippen molar-refractivity contribution < 1.29 is 4.79 Å². The lowest BCUT2D eigenvalue weighted by atomic mass is 10.0. The van der Waals surface area contributed by atoms with Crippen LogP contribution >= 0.6 is 0 Å². The molecule has 6 aromatic rings. The van der Waals surface area contributed by atoms with Gasteiger partial charge in [-0.2, -0.15) is 10.2 Å². The highest BCUT2D eigenvalue weighted by Gasteiger charge is 2.15. The Morgan fingerprint density at radius 1 is 0.882 bits per heavy atom. The van der Waals surface area contributed by atoms with E-state index in [-0.39, 0.29) is 0 Å². The SMILES string of the molecule is Cc1nn2c(-c3ccnc4nc(-c5ccn(C)n5)ccc34)cnc2cc1-c1ccc(C=O)cc1. The van der Waals surface area contributed by atoms with E-state index in [0.717, 1.165) is 56.8 Å². The molecule has 0 aliphatic carbocycles. The largest absolute Gasteiger partial charge is 0.298 e. The van der Waals surface area contributed by atoms with E-state index < -0.39 is 0 Å². The zero-order valence-electron chi connectivity index (χ0n) is 18.5. The van der Waals surface area contributed by atoms with Crippen molar-refractivity contribution in [3.8, 4) is 33.8 Å². The molecule has 5 heterocycles. The molecule has 0 atom stereocenters.